The molecule has 1 aliphatic heterocycles. The monoisotopic (exact) mass is 491 g/mol. The Kier molecular flexibility index (Phi) is 6.72. The van der Waals surface area contributed by atoms with Crippen LogP contribution in [0.15, 0.2) is 18.2 Å². The van der Waals surface area contributed by atoms with Crippen LogP contribution in [0.4, 0.5) is 29.5 Å². The van der Waals surface area contributed by atoms with E-state index in [2.05, 4.69) is 15.3 Å². The van der Waals surface area contributed by atoms with Crippen molar-refractivity contribution < 1.29 is 32.2 Å². The highest BCUT2D eigenvalue weighted by Crippen LogP contribution is 2.33. The summed E-state index contributed by atoms with van der Waals surface area (Å²) in [5.74, 6) is -2.79. The minimum Gasteiger partial charge on any atom is -0.493 e. The first kappa shape index (κ1) is 24.2. The molecule has 1 saturated heterocycles. The average Bonchev–Trinajstić information content (AvgIpc) is 2.88. The maximum atomic E-state index is 14.0. The number of methoxy groups -OCH3 is 3. The van der Waals surface area contributed by atoms with Crippen molar-refractivity contribution >= 4 is 28.6 Å². The van der Waals surface area contributed by atoms with E-state index in [-0.39, 0.29) is 36.0 Å². The molecule has 186 valence electrons. The van der Waals surface area contributed by atoms with Crippen molar-refractivity contribution in [2.45, 2.75) is 6.92 Å². The van der Waals surface area contributed by atoms with Crippen LogP contribution in [0.5, 0.6) is 17.4 Å². The van der Waals surface area contributed by atoms with E-state index in [9.17, 15) is 18.0 Å². The van der Waals surface area contributed by atoms with E-state index in [4.69, 9.17) is 14.2 Å². The predicted octanol–water partition coefficient (Wildman–Crippen LogP) is 3.74. The van der Waals surface area contributed by atoms with Crippen LogP contribution >= 0.6 is 0 Å². The van der Waals surface area contributed by atoms with Crippen LogP contribution in [-0.4, -0.2) is 68.4 Å². The summed E-state index contributed by atoms with van der Waals surface area (Å²) in [6.07, 6.45) is 0. The van der Waals surface area contributed by atoms with Crippen LogP contribution < -0.4 is 24.4 Å². The number of carbonyl (C=O) groups excluding carboxylic acids is 1. The molecule has 0 unspecified atom stereocenters. The normalized spacial score (nSPS) is 13.7. The molecule has 2 amide bonds. The Morgan fingerprint density at radius 3 is 2.06 bits per heavy atom. The van der Waals surface area contributed by atoms with Crippen LogP contribution in [0.3, 0.4) is 0 Å². The summed E-state index contributed by atoms with van der Waals surface area (Å²) >= 11 is 0. The molecule has 0 aliphatic carbocycles. The number of amides is 2. The highest BCUT2D eigenvalue weighted by molar-refractivity contribution is 5.91. The van der Waals surface area contributed by atoms with Gasteiger partial charge in [-0.15, -0.1) is 0 Å². The van der Waals surface area contributed by atoms with Crippen molar-refractivity contribution in [1.29, 1.82) is 0 Å². The summed E-state index contributed by atoms with van der Waals surface area (Å²) in [6, 6.07) is 3.82. The van der Waals surface area contributed by atoms with E-state index in [1.807, 2.05) is 0 Å². The second kappa shape index (κ2) is 9.72. The fourth-order valence-electron chi connectivity index (χ4n) is 3.92. The molecule has 9 nitrogen and oxygen atoms in total. The third-order valence-corrected chi connectivity index (χ3v) is 5.84. The summed E-state index contributed by atoms with van der Waals surface area (Å²) < 4.78 is 57.1. The molecule has 1 fully saturated rings. The number of nitrogens with one attached hydrogen (secondary N) is 1. The molecule has 2 heterocycles. The zero-order chi connectivity index (χ0) is 25.3. The molecular weight excluding hydrogens is 467 g/mol. The van der Waals surface area contributed by atoms with Gasteiger partial charge in [0.1, 0.15) is 0 Å². The van der Waals surface area contributed by atoms with Crippen LogP contribution in [0.1, 0.15) is 5.56 Å². The predicted molar refractivity (Wildman–Crippen MR) is 123 cm³/mol. The van der Waals surface area contributed by atoms with Gasteiger partial charge in [0.05, 0.1) is 32.4 Å². The summed E-state index contributed by atoms with van der Waals surface area (Å²) in [4.78, 5) is 25.0. The van der Waals surface area contributed by atoms with Crippen molar-refractivity contribution in [1.82, 2.24) is 14.9 Å². The summed E-state index contributed by atoms with van der Waals surface area (Å²) in [5.41, 5.74) is 1.22. The number of carbonyl (C=O) groups is 1. The lowest BCUT2D eigenvalue weighted by Crippen LogP contribution is -2.50. The number of rotatable bonds is 5. The molecule has 35 heavy (non-hydrogen) atoms. The molecule has 2 aromatic carbocycles. The Balaban J connectivity index is 1.50. The molecular formula is C23H24F3N5O4. The second-order valence-corrected chi connectivity index (χ2v) is 7.81. The van der Waals surface area contributed by atoms with E-state index >= 15 is 0 Å². The van der Waals surface area contributed by atoms with Crippen LogP contribution in [0.25, 0.3) is 11.0 Å². The molecule has 1 aromatic heterocycles. The summed E-state index contributed by atoms with van der Waals surface area (Å²) in [7, 11) is 4.42. The van der Waals surface area contributed by atoms with E-state index < -0.39 is 23.5 Å². The van der Waals surface area contributed by atoms with Gasteiger partial charge in [0.25, 0.3) is 5.88 Å². The van der Waals surface area contributed by atoms with Gasteiger partial charge in [-0.05, 0) is 6.92 Å². The Morgan fingerprint density at radius 1 is 0.886 bits per heavy atom. The van der Waals surface area contributed by atoms with Gasteiger partial charge in [-0.3, -0.25) is 5.32 Å². The SMILES string of the molecule is COc1cc2nc(NC(=O)N3CCN(c4cc(F)c(F)c(F)c4C)CC3)c(OC)nc2cc1OC. The van der Waals surface area contributed by atoms with Crippen LogP contribution in [0.2, 0.25) is 0 Å². The zero-order valence-electron chi connectivity index (χ0n) is 19.6. The highest BCUT2D eigenvalue weighted by atomic mass is 19.2. The Hall–Kier alpha value is -3.96. The fraction of sp³-hybridized carbons (Fsp3) is 0.348. The van der Waals surface area contributed by atoms with Gasteiger partial charge in [0, 0.05) is 55.6 Å². The number of nitrogens with zero attached hydrogens (tertiary/aromatic N) is 4. The number of urea groups is 1. The molecule has 0 saturated carbocycles. The minimum atomic E-state index is -1.49. The van der Waals surface area contributed by atoms with E-state index in [0.717, 1.165) is 6.07 Å². The van der Waals surface area contributed by atoms with Gasteiger partial charge in [0.15, 0.2) is 34.8 Å². The maximum absolute atomic E-state index is 14.0. The Bertz CT molecular complexity index is 1280. The first-order chi connectivity index (χ1) is 16.8. The lowest BCUT2D eigenvalue weighted by atomic mass is 10.1. The average molecular weight is 491 g/mol. The van der Waals surface area contributed by atoms with Gasteiger partial charge < -0.3 is 24.0 Å². The number of piperazine rings is 1. The first-order valence-electron chi connectivity index (χ1n) is 10.7. The summed E-state index contributed by atoms with van der Waals surface area (Å²) in [5, 5.41) is 2.71. The molecule has 0 bridgehead atoms. The third-order valence-electron chi connectivity index (χ3n) is 5.84. The number of aromatic nitrogens is 2. The second-order valence-electron chi connectivity index (χ2n) is 7.81. The van der Waals surface area contributed by atoms with Crippen molar-refractivity contribution in [2.24, 2.45) is 0 Å². The smallest absolute Gasteiger partial charge is 0.323 e. The lowest BCUT2D eigenvalue weighted by Gasteiger charge is -2.36. The minimum absolute atomic E-state index is 0.0186. The van der Waals surface area contributed by atoms with Crippen LogP contribution in [0, 0.1) is 24.4 Å². The standard InChI is InChI=1S/C23H24F3N5O4/c1-12-16(9-13(24)20(26)19(12)25)30-5-7-31(8-6-30)23(32)29-21-22(35-4)28-15-11-18(34-3)17(33-2)10-14(15)27-21/h9-11H,5-8H2,1-4H3,(H,27,29,32). The highest BCUT2D eigenvalue weighted by Gasteiger charge is 2.26. The van der Waals surface area contributed by atoms with Crippen molar-refractivity contribution in [3.8, 4) is 17.4 Å². The third kappa shape index (κ3) is 4.55. The number of anilines is 2. The van der Waals surface area contributed by atoms with Gasteiger partial charge >= 0.3 is 6.03 Å². The van der Waals surface area contributed by atoms with E-state index in [0.29, 0.717) is 35.6 Å². The number of benzene rings is 2. The molecule has 3 aromatic rings. The number of ether oxygens (including phenoxy) is 3. The molecule has 1 N–H and O–H groups in total. The maximum Gasteiger partial charge on any atom is 0.323 e. The lowest BCUT2D eigenvalue weighted by molar-refractivity contribution is 0.208. The van der Waals surface area contributed by atoms with Gasteiger partial charge in [-0.25, -0.2) is 27.9 Å². The van der Waals surface area contributed by atoms with Gasteiger partial charge in [0.2, 0.25) is 0 Å². The van der Waals surface area contributed by atoms with E-state index in [1.165, 1.54) is 33.2 Å². The summed E-state index contributed by atoms with van der Waals surface area (Å²) in [6.45, 7) is 2.52. The van der Waals surface area contributed by atoms with Crippen LogP contribution in [-0.2, 0) is 0 Å². The topological polar surface area (TPSA) is 89.1 Å². The number of halogens is 3. The van der Waals surface area contributed by atoms with E-state index in [1.54, 1.807) is 17.0 Å². The molecule has 4 rings (SSSR count). The van der Waals surface area contributed by atoms with Crippen molar-refractivity contribution in [3.05, 3.63) is 41.2 Å². The number of hydrogen-bond donors (Lipinski definition) is 1. The molecule has 0 atom stereocenters. The Labute approximate surface area is 199 Å². The number of fused-ring (bicyclic) bond motifs is 1. The van der Waals surface area contributed by atoms with Crippen molar-refractivity contribution in [2.75, 3.05) is 57.7 Å². The molecule has 0 radical (unpaired) electrons. The largest absolute Gasteiger partial charge is 0.493 e. The molecule has 12 heteroatoms. The molecule has 0 spiro atoms. The van der Waals surface area contributed by atoms with Gasteiger partial charge in [-0.1, -0.05) is 0 Å². The van der Waals surface area contributed by atoms with Crippen molar-refractivity contribution in [3.63, 3.8) is 0 Å². The quantitative estimate of drug-likeness (QED) is 0.544. The van der Waals surface area contributed by atoms with Gasteiger partial charge in [-0.2, -0.15) is 0 Å². The number of hydrogen-bond acceptors (Lipinski definition) is 7. The fourth-order valence-corrected chi connectivity index (χ4v) is 3.92. The zero-order valence-corrected chi connectivity index (χ0v) is 19.6. The molecule has 1 aliphatic rings. The first-order valence-corrected chi connectivity index (χ1v) is 10.7. The Morgan fingerprint density at radius 2 is 1.49 bits per heavy atom.